The minimum absolute atomic E-state index is 0.0252. The van der Waals surface area contributed by atoms with Gasteiger partial charge in [0.15, 0.2) is 0 Å². The number of ether oxygens (including phenoxy) is 1. The number of rotatable bonds is 5. The maximum atomic E-state index is 12.2. The predicted octanol–water partition coefficient (Wildman–Crippen LogP) is 3.78. The summed E-state index contributed by atoms with van der Waals surface area (Å²) in [4.78, 5) is 16.4. The van der Waals surface area contributed by atoms with Gasteiger partial charge in [-0.3, -0.25) is 4.79 Å². The molecule has 0 radical (unpaired) electrons. The Morgan fingerprint density at radius 1 is 1.12 bits per heavy atom. The van der Waals surface area contributed by atoms with Crippen molar-refractivity contribution in [3.05, 3.63) is 59.2 Å². The molecule has 0 aliphatic heterocycles. The van der Waals surface area contributed by atoms with Crippen molar-refractivity contribution in [2.45, 2.75) is 44.2 Å². The lowest BCUT2D eigenvalue weighted by molar-refractivity contribution is -0.121. The van der Waals surface area contributed by atoms with Crippen LogP contribution in [0.5, 0.6) is 5.88 Å². The molecule has 4 nitrogen and oxygen atoms in total. The highest BCUT2D eigenvalue weighted by Crippen LogP contribution is 2.23. The van der Waals surface area contributed by atoms with E-state index in [0.717, 1.165) is 31.2 Å². The number of pyridine rings is 1. The van der Waals surface area contributed by atoms with Crippen molar-refractivity contribution in [3.63, 3.8) is 0 Å². The van der Waals surface area contributed by atoms with Gasteiger partial charge >= 0.3 is 0 Å². The van der Waals surface area contributed by atoms with E-state index in [0.29, 0.717) is 17.3 Å². The summed E-state index contributed by atoms with van der Waals surface area (Å²) in [6.07, 6.45) is 5.93. The zero-order valence-electron chi connectivity index (χ0n) is 13.5. The molecule has 1 heterocycles. The Bertz CT molecular complexity index is 670. The van der Waals surface area contributed by atoms with E-state index in [2.05, 4.69) is 10.3 Å². The molecule has 0 spiro atoms. The third kappa shape index (κ3) is 4.71. The summed E-state index contributed by atoms with van der Waals surface area (Å²) < 4.78 is 5.88. The molecule has 1 aliphatic rings. The average Bonchev–Trinajstić information content (AvgIpc) is 2.60. The minimum Gasteiger partial charge on any atom is -0.474 e. The van der Waals surface area contributed by atoms with E-state index in [1.54, 1.807) is 6.20 Å². The SMILES string of the molecule is O=C(Cc1ccccc1Cl)NC1CCC(Oc2ccccn2)CC1. The Labute approximate surface area is 147 Å². The Hall–Kier alpha value is -2.07. The van der Waals surface area contributed by atoms with E-state index in [4.69, 9.17) is 16.3 Å². The van der Waals surface area contributed by atoms with Gasteiger partial charge in [-0.2, -0.15) is 0 Å². The Kier molecular flexibility index (Phi) is 5.70. The van der Waals surface area contributed by atoms with Gasteiger partial charge in [0.2, 0.25) is 11.8 Å². The number of carbonyl (C=O) groups excluding carboxylic acids is 1. The molecule has 3 rings (SSSR count). The molecule has 1 aromatic heterocycles. The molecule has 5 heteroatoms. The highest BCUT2D eigenvalue weighted by atomic mass is 35.5. The van der Waals surface area contributed by atoms with E-state index >= 15 is 0 Å². The fraction of sp³-hybridized carbons (Fsp3) is 0.368. The van der Waals surface area contributed by atoms with Crippen LogP contribution >= 0.6 is 11.6 Å². The van der Waals surface area contributed by atoms with E-state index < -0.39 is 0 Å². The maximum absolute atomic E-state index is 12.2. The lowest BCUT2D eigenvalue weighted by Crippen LogP contribution is -2.40. The monoisotopic (exact) mass is 344 g/mol. The molecule has 1 N–H and O–H groups in total. The number of nitrogens with one attached hydrogen (secondary N) is 1. The summed E-state index contributed by atoms with van der Waals surface area (Å²) in [6, 6.07) is 13.3. The quantitative estimate of drug-likeness (QED) is 0.898. The third-order valence-electron chi connectivity index (χ3n) is 4.27. The number of amides is 1. The number of hydrogen-bond acceptors (Lipinski definition) is 3. The third-order valence-corrected chi connectivity index (χ3v) is 4.64. The second-order valence-corrected chi connectivity index (χ2v) is 6.50. The van der Waals surface area contributed by atoms with Gasteiger partial charge in [-0.1, -0.05) is 35.9 Å². The summed E-state index contributed by atoms with van der Waals surface area (Å²) in [7, 11) is 0. The van der Waals surface area contributed by atoms with Crippen LogP contribution in [-0.2, 0) is 11.2 Å². The first-order chi connectivity index (χ1) is 11.7. The summed E-state index contributed by atoms with van der Waals surface area (Å²) in [5, 5.41) is 3.75. The number of hydrogen-bond donors (Lipinski definition) is 1. The van der Waals surface area contributed by atoms with Crippen LogP contribution in [0.2, 0.25) is 5.02 Å². The van der Waals surface area contributed by atoms with Crippen molar-refractivity contribution in [2.24, 2.45) is 0 Å². The zero-order valence-corrected chi connectivity index (χ0v) is 14.2. The van der Waals surface area contributed by atoms with Gasteiger partial charge in [0.25, 0.3) is 0 Å². The van der Waals surface area contributed by atoms with Gasteiger partial charge in [-0.05, 0) is 43.4 Å². The molecule has 1 amide bonds. The molecular weight excluding hydrogens is 324 g/mol. The van der Waals surface area contributed by atoms with Crippen molar-refractivity contribution in [1.29, 1.82) is 0 Å². The number of halogens is 1. The van der Waals surface area contributed by atoms with Crippen LogP contribution < -0.4 is 10.1 Å². The van der Waals surface area contributed by atoms with E-state index in [9.17, 15) is 4.79 Å². The molecule has 0 saturated heterocycles. The molecule has 126 valence electrons. The second kappa shape index (κ2) is 8.15. The van der Waals surface area contributed by atoms with Crippen LogP contribution in [0.1, 0.15) is 31.2 Å². The number of aromatic nitrogens is 1. The Balaban J connectivity index is 1.43. The van der Waals surface area contributed by atoms with Gasteiger partial charge in [0.1, 0.15) is 6.10 Å². The number of carbonyl (C=O) groups is 1. The lowest BCUT2D eigenvalue weighted by atomic mass is 9.92. The highest BCUT2D eigenvalue weighted by Gasteiger charge is 2.24. The van der Waals surface area contributed by atoms with Gasteiger partial charge in [-0.25, -0.2) is 4.98 Å². The first-order valence-corrected chi connectivity index (χ1v) is 8.69. The molecule has 2 aromatic rings. The van der Waals surface area contributed by atoms with Gasteiger partial charge < -0.3 is 10.1 Å². The number of benzene rings is 1. The minimum atomic E-state index is 0.0252. The summed E-state index contributed by atoms with van der Waals surface area (Å²) in [5.74, 6) is 0.695. The van der Waals surface area contributed by atoms with Gasteiger partial charge in [0, 0.05) is 23.3 Å². The first kappa shape index (κ1) is 16.8. The summed E-state index contributed by atoms with van der Waals surface area (Å²) in [5.41, 5.74) is 0.865. The van der Waals surface area contributed by atoms with Crippen molar-refractivity contribution < 1.29 is 9.53 Å². The zero-order chi connectivity index (χ0) is 16.8. The molecular formula is C19H21ClN2O2. The topological polar surface area (TPSA) is 51.2 Å². The molecule has 24 heavy (non-hydrogen) atoms. The molecule has 0 bridgehead atoms. The van der Waals surface area contributed by atoms with Crippen LogP contribution in [0.15, 0.2) is 48.7 Å². The second-order valence-electron chi connectivity index (χ2n) is 6.10. The average molecular weight is 345 g/mol. The summed E-state index contributed by atoms with van der Waals surface area (Å²) >= 11 is 6.10. The van der Waals surface area contributed by atoms with Crippen molar-refractivity contribution in [2.75, 3.05) is 0 Å². The van der Waals surface area contributed by atoms with Crippen LogP contribution in [0.3, 0.4) is 0 Å². The predicted molar refractivity (Wildman–Crippen MR) is 94.2 cm³/mol. The van der Waals surface area contributed by atoms with Crippen LogP contribution in [0, 0.1) is 0 Å². The Morgan fingerprint density at radius 2 is 1.88 bits per heavy atom. The van der Waals surface area contributed by atoms with Crippen LogP contribution in [-0.4, -0.2) is 23.0 Å². The molecule has 1 fully saturated rings. The van der Waals surface area contributed by atoms with Crippen LogP contribution in [0.25, 0.3) is 0 Å². The van der Waals surface area contributed by atoms with Crippen molar-refractivity contribution >= 4 is 17.5 Å². The highest BCUT2D eigenvalue weighted by molar-refractivity contribution is 6.31. The normalized spacial score (nSPS) is 20.4. The Morgan fingerprint density at radius 3 is 2.58 bits per heavy atom. The largest absolute Gasteiger partial charge is 0.474 e. The number of nitrogens with zero attached hydrogens (tertiary/aromatic N) is 1. The molecule has 1 saturated carbocycles. The van der Waals surface area contributed by atoms with Crippen LogP contribution in [0.4, 0.5) is 0 Å². The van der Waals surface area contributed by atoms with E-state index in [1.165, 1.54) is 0 Å². The molecule has 1 aliphatic carbocycles. The van der Waals surface area contributed by atoms with E-state index in [1.807, 2.05) is 42.5 Å². The molecule has 0 unspecified atom stereocenters. The maximum Gasteiger partial charge on any atom is 0.224 e. The van der Waals surface area contributed by atoms with Gasteiger partial charge in [0.05, 0.1) is 6.42 Å². The first-order valence-electron chi connectivity index (χ1n) is 8.31. The molecule has 0 atom stereocenters. The molecule has 1 aromatic carbocycles. The summed E-state index contributed by atoms with van der Waals surface area (Å²) in [6.45, 7) is 0. The lowest BCUT2D eigenvalue weighted by Gasteiger charge is -2.29. The fourth-order valence-corrected chi connectivity index (χ4v) is 3.21. The standard InChI is InChI=1S/C19H21ClN2O2/c20-17-6-2-1-5-14(17)13-18(23)22-15-8-10-16(11-9-15)24-19-7-3-4-12-21-19/h1-7,12,15-16H,8-11,13H2,(H,22,23). The fourth-order valence-electron chi connectivity index (χ4n) is 3.01. The smallest absolute Gasteiger partial charge is 0.224 e. The van der Waals surface area contributed by atoms with Gasteiger partial charge in [-0.15, -0.1) is 0 Å². The van der Waals surface area contributed by atoms with Crippen molar-refractivity contribution in [1.82, 2.24) is 10.3 Å². The van der Waals surface area contributed by atoms with E-state index in [-0.39, 0.29) is 18.1 Å². The van der Waals surface area contributed by atoms with Crippen molar-refractivity contribution in [3.8, 4) is 5.88 Å².